The quantitative estimate of drug-likeness (QED) is 0.0395. The summed E-state index contributed by atoms with van der Waals surface area (Å²) in [5.41, 5.74) is 1.03. The zero-order valence-electron chi connectivity index (χ0n) is 25.0. The van der Waals surface area contributed by atoms with E-state index in [9.17, 15) is 19.6 Å². The minimum absolute atomic E-state index is 0.0868. The van der Waals surface area contributed by atoms with E-state index in [4.69, 9.17) is 14.2 Å². The molecular formula is C33H32N4O6S2. The van der Waals surface area contributed by atoms with Crippen LogP contribution in [0.3, 0.4) is 0 Å². The van der Waals surface area contributed by atoms with E-state index >= 15 is 0 Å². The molecule has 0 spiro atoms. The lowest BCUT2D eigenvalue weighted by Crippen LogP contribution is -2.29. The van der Waals surface area contributed by atoms with Gasteiger partial charge < -0.3 is 14.2 Å². The molecule has 0 N–H and O–H groups in total. The molecule has 0 bridgehead atoms. The number of nitrogens with zero attached hydrogens (tertiary/aromatic N) is 4. The number of unbranched alkanes of at least 4 members (excludes halogenated alkanes) is 2. The van der Waals surface area contributed by atoms with Crippen molar-refractivity contribution in [2.45, 2.75) is 58.0 Å². The van der Waals surface area contributed by atoms with Crippen LogP contribution in [0.1, 0.15) is 67.1 Å². The second-order valence-corrected chi connectivity index (χ2v) is 12.7. The molecule has 0 radical (unpaired) electrons. The molecule has 0 saturated heterocycles. The Kier molecular flexibility index (Phi) is 10.7. The highest BCUT2D eigenvalue weighted by Gasteiger charge is 2.30. The normalized spacial score (nSPS) is 17.0. The predicted molar refractivity (Wildman–Crippen MR) is 173 cm³/mol. The molecule has 232 valence electrons. The van der Waals surface area contributed by atoms with E-state index in [1.165, 1.54) is 35.9 Å². The largest absolute Gasteiger partial charge is 0.465 e. The van der Waals surface area contributed by atoms with Crippen molar-refractivity contribution in [3.63, 3.8) is 0 Å². The van der Waals surface area contributed by atoms with E-state index in [0.29, 0.717) is 53.5 Å². The molecule has 0 unspecified atom stereocenters. The fourth-order valence-electron chi connectivity index (χ4n) is 5.05. The van der Waals surface area contributed by atoms with Crippen molar-refractivity contribution < 1.29 is 28.6 Å². The number of thiophene rings is 1. The summed E-state index contributed by atoms with van der Waals surface area (Å²) in [5.74, 6) is -1.40. The first-order chi connectivity index (χ1) is 21.9. The van der Waals surface area contributed by atoms with Crippen molar-refractivity contribution in [3.8, 4) is 6.07 Å². The van der Waals surface area contributed by atoms with E-state index in [-0.39, 0.29) is 29.5 Å². The third-order valence-electron chi connectivity index (χ3n) is 7.49. The number of aromatic nitrogens is 1. The summed E-state index contributed by atoms with van der Waals surface area (Å²) in [5, 5.41) is 20.5. The Balaban J connectivity index is 1.16. The Labute approximate surface area is 268 Å². The predicted octanol–water partition coefficient (Wildman–Crippen LogP) is 8.46. The summed E-state index contributed by atoms with van der Waals surface area (Å²) in [4.78, 5) is 42.8. The number of ether oxygens (including phenoxy) is 3. The first-order valence-electron chi connectivity index (χ1n) is 14.8. The number of hydrogen-bond donors (Lipinski definition) is 0. The lowest BCUT2D eigenvalue weighted by Gasteiger charge is -2.27. The minimum atomic E-state index is -0.667. The van der Waals surface area contributed by atoms with Gasteiger partial charge in [-0.3, -0.25) is 4.79 Å². The molecule has 45 heavy (non-hydrogen) atoms. The third kappa shape index (κ3) is 8.17. The SMILES string of the molecule is CCCCCOC(=O)C1CCC(OC(=O)/C(C#N)=C/c2cc3sc(N=Nc4ccc5cc(C(=O)OC)ccc5c4)nc3s2)CC1. The number of benzene rings is 2. The van der Waals surface area contributed by atoms with E-state index < -0.39 is 5.97 Å². The van der Waals surface area contributed by atoms with Gasteiger partial charge in [-0.25, -0.2) is 14.6 Å². The number of esters is 3. The maximum Gasteiger partial charge on any atom is 0.349 e. The van der Waals surface area contributed by atoms with Crippen LogP contribution >= 0.6 is 22.7 Å². The minimum Gasteiger partial charge on any atom is -0.465 e. The average Bonchev–Trinajstić information content (AvgIpc) is 3.62. The topological polar surface area (TPSA) is 140 Å². The van der Waals surface area contributed by atoms with Gasteiger partial charge in [0.05, 0.1) is 35.6 Å². The molecule has 0 atom stereocenters. The van der Waals surface area contributed by atoms with Crippen molar-refractivity contribution in [2.75, 3.05) is 13.7 Å². The van der Waals surface area contributed by atoms with E-state index in [2.05, 4.69) is 22.1 Å². The zero-order valence-corrected chi connectivity index (χ0v) is 26.6. The summed E-state index contributed by atoms with van der Waals surface area (Å²) >= 11 is 2.69. The Morgan fingerprint density at radius 3 is 2.53 bits per heavy atom. The van der Waals surface area contributed by atoms with Gasteiger partial charge in [0.25, 0.3) is 0 Å². The Bertz CT molecular complexity index is 1780. The van der Waals surface area contributed by atoms with Crippen molar-refractivity contribution in [1.29, 1.82) is 5.26 Å². The lowest BCUT2D eigenvalue weighted by molar-refractivity contribution is -0.152. The number of fused-ring (bicyclic) bond motifs is 2. The molecule has 2 heterocycles. The number of thiazole rings is 1. The van der Waals surface area contributed by atoms with Gasteiger partial charge in [0.1, 0.15) is 22.6 Å². The molecule has 1 fully saturated rings. The molecule has 12 heteroatoms. The van der Waals surface area contributed by atoms with Gasteiger partial charge in [-0.2, -0.15) is 5.26 Å². The van der Waals surface area contributed by atoms with Gasteiger partial charge in [0, 0.05) is 4.88 Å². The van der Waals surface area contributed by atoms with Gasteiger partial charge in [-0.15, -0.1) is 21.6 Å². The van der Waals surface area contributed by atoms with Crippen molar-refractivity contribution in [3.05, 3.63) is 58.5 Å². The number of nitriles is 1. The van der Waals surface area contributed by atoms with Crippen LogP contribution in [0.4, 0.5) is 10.8 Å². The third-order valence-corrected chi connectivity index (χ3v) is 9.49. The van der Waals surface area contributed by atoms with Gasteiger partial charge in [-0.1, -0.05) is 43.2 Å². The van der Waals surface area contributed by atoms with Crippen molar-refractivity contribution in [2.24, 2.45) is 16.1 Å². The molecule has 1 aliphatic carbocycles. The van der Waals surface area contributed by atoms with Gasteiger partial charge in [0.15, 0.2) is 0 Å². The standard InChI is InChI=1S/C33H32N4O6S2/c1-3-4-5-14-42-31(39)20-9-12-26(13-10-20)43-32(40)24(19-34)17-27-18-28-29(44-27)35-33(45-28)37-36-25-11-8-21-15-23(30(38)41-2)7-6-22(21)16-25/h6-8,11,15-18,20,26H,3-5,9-10,12-14H2,1-2H3/b24-17+,37-36?. The summed E-state index contributed by atoms with van der Waals surface area (Å²) in [6.45, 7) is 2.55. The Morgan fingerprint density at radius 1 is 1.02 bits per heavy atom. The zero-order chi connectivity index (χ0) is 31.8. The van der Waals surface area contributed by atoms with Crippen LogP contribution in [0.25, 0.3) is 26.4 Å². The fourth-order valence-corrected chi connectivity index (χ4v) is 7.03. The van der Waals surface area contributed by atoms with E-state index in [1.807, 2.05) is 36.4 Å². The highest BCUT2D eigenvalue weighted by Crippen LogP contribution is 2.36. The fraction of sp³-hybridized carbons (Fsp3) is 0.364. The molecule has 1 aliphatic rings. The number of hydrogen-bond acceptors (Lipinski definition) is 12. The smallest absolute Gasteiger partial charge is 0.349 e. The molecule has 2 aromatic carbocycles. The second-order valence-electron chi connectivity index (χ2n) is 10.7. The maximum atomic E-state index is 12.8. The highest BCUT2D eigenvalue weighted by atomic mass is 32.1. The molecule has 0 aliphatic heterocycles. The van der Waals surface area contributed by atoms with E-state index in [0.717, 1.165) is 39.6 Å². The first kappa shape index (κ1) is 31.9. The van der Waals surface area contributed by atoms with Crippen LogP contribution < -0.4 is 0 Å². The van der Waals surface area contributed by atoms with Gasteiger partial charge >= 0.3 is 17.9 Å². The van der Waals surface area contributed by atoms with Crippen LogP contribution in [0, 0.1) is 17.2 Å². The van der Waals surface area contributed by atoms with Gasteiger partial charge in [0.2, 0.25) is 5.13 Å². The lowest BCUT2D eigenvalue weighted by atomic mass is 9.87. The van der Waals surface area contributed by atoms with Crippen LogP contribution in [0.2, 0.25) is 0 Å². The van der Waals surface area contributed by atoms with Gasteiger partial charge in [-0.05, 0) is 79.3 Å². The first-order valence-corrected chi connectivity index (χ1v) is 16.4. The monoisotopic (exact) mass is 644 g/mol. The maximum absolute atomic E-state index is 12.8. The summed E-state index contributed by atoms with van der Waals surface area (Å²) in [6.07, 6.45) is 6.48. The summed E-state index contributed by atoms with van der Waals surface area (Å²) in [7, 11) is 1.35. The van der Waals surface area contributed by atoms with Crippen molar-refractivity contribution in [1.82, 2.24) is 4.98 Å². The number of methoxy groups -OCH3 is 1. The second kappa shape index (κ2) is 15.0. The van der Waals surface area contributed by atoms with Crippen molar-refractivity contribution >= 4 is 77.8 Å². The Morgan fingerprint density at radius 2 is 1.80 bits per heavy atom. The molecule has 2 aromatic heterocycles. The van der Waals surface area contributed by atoms with Crippen LogP contribution in [0.15, 0.2) is 58.3 Å². The molecule has 0 amide bonds. The molecular weight excluding hydrogens is 613 g/mol. The number of carbonyl (C=O) groups excluding carboxylic acids is 3. The molecule has 5 rings (SSSR count). The molecule has 10 nitrogen and oxygen atoms in total. The number of carbonyl (C=O) groups is 3. The molecule has 4 aromatic rings. The molecule has 1 saturated carbocycles. The summed E-state index contributed by atoms with van der Waals surface area (Å²) < 4.78 is 16.6. The van der Waals surface area contributed by atoms with Crippen LogP contribution in [-0.2, 0) is 23.8 Å². The number of rotatable bonds is 11. The Hall–Kier alpha value is -4.47. The van der Waals surface area contributed by atoms with E-state index in [1.54, 1.807) is 12.1 Å². The van der Waals surface area contributed by atoms with Crippen LogP contribution in [-0.4, -0.2) is 42.7 Å². The highest BCUT2D eigenvalue weighted by molar-refractivity contribution is 7.29. The number of azo groups is 1. The summed E-state index contributed by atoms with van der Waals surface area (Å²) in [6, 6.07) is 14.7. The average molecular weight is 645 g/mol. The van der Waals surface area contributed by atoms with Crippen LogP contribution in [0.5, 0.6) is 0 Å².